The van der Waals surface area contributed by atoms with E-state index in [0.717, 1.165) is 21.5 Å². The molecule has 174 valence electrons. The lowest BCUT2D eigenvalue weighted by Crippen LogP contribution is -2.38. The third-order valence-electron chi connectivity index (χ3n) is 5.33. The molecule has 0 saturated carbocycles. The predicted molar refractivity (Wildman–Crippen MR) is 131 cm³/mol. The molecule has 1 aromatic carbocycles. The van der Waals surface area contributed by atoms with Gasteiger partial charge in [-0.1, -0.05) is 29.3 Å². The van der Waals surface area contributed by atoms with E-state index in [1.54, 1.807) is 12.3 Å². The average Bonchev–Trinajstić information content (AvgIpc) is 3.21. The number of fused-ring (bicyclic) bond motifs is 1. The van der Waals surface area contributed by atoms with Gasteiger partial charge in [0.1, 0.15) is 16.3 Å². The van der Waals surface area contributed by atoms with Crippen LogP contribution in [0.15, 0.2) is 30.5 Å². The molecular weight excluding hydrogens is 487 g/mol. The van der Waals surface area contributed by atoms with Gasteiger partial charge in [0, 0.05) is 40.6 Å². The van der Waals surface area contributed by atoms with E-state index in [-0.39, 0.29) is 12.0 Å². The zero-order valence-corrected chi connectivity index (χ0v) is 20.3. The van der Waals surface area contributed by atoms with Gasteiger partial charge in [0.15, 0.2) is 0 Å². The molecule has 3 heterocycles. The lowest BCUT2D eigenvalue weighted by molar-refractivity contribution is -0.113. The Bertz CT molecular complexity index is 1190. The van der Waals surface area contributed by atoms with Crippen LogP contribution < -0.4 is 20.5 Å². The Morgan fingerprint density at radius 2 is 2.00 bits per heavy atom. The molecule has 4 rings (SSSR count). The lowest BCUT2D eigenvalue weighted by Gasteiger charge is -2.30. The van der Waals surface area contributed by atoms with Gasteiger partial charge in [-0.2, -0.15) is 0 Å². The topological polar surface area (TPSA) is 109 Å². The van der Waals surface area contributed by atoms with E-state index in [1.807, 2.05) is 12.1 Å². The van der Waals surface area contributed by atoms with Gasteiger partial charge in [0.25, 0.3) is 0 Å². The summed E-state index contributed by atoms with van der Waals surface area (Å²) in [6.07, 6.45) is 5.70. The van der Waals surface area contributed by atoms with E-state index in [2.05, 4.69) is 15.3 Å². The number of hydrogen-bond donors (Lipinski definition) is 2. The van der Waals surface area contributed by atoms with Crippen molar-refractivity contribution in [2.45, 2.75) is 12.5 Å². The molecule has 2 aromatic heterocycles. The van der Waals surface area contributed by atoms with E-state index in [0.29, 0.717) is 46.3 Å². The molecule has 1 amide bonds. The van der Waals surface area contributed by atoms with Crippen molar-refractivity contribution in [3.63, 3.8) is 0 Å². The monoisotopic (exact) mass is 508 g/mol. The largest absolute Gasteiger partial charge is 0.495 e. The number of primary amides is 1. The lowest BCUT2D eigenvalue weighted by atomic mass is 9.94. The fourth-order valence-corrected chi connectivity index (χ4v) is 5.52. The van der Waals surface area contributed by atoms with Crippen molar-refractivity contribution < 1.29 is 19.0 Å². The standard InChI is InChI=1S/C22H22Cl2N4O4S/c1-30-14-8-15(31-2)20(24)18(19(14)23)16-7-12-9-26-22(28-21(12)33-16)27-13-10-32-6-5-11(13)3-4-17(25)29/h3-4,7-9,11,13H,5-6,10H2,1-2H3,(H2,25,29)(H,26,27,28)/t11-,13-/m1/s1. The molecule has 0 bridgehead atoms. The summed E-state index contributed by atoms with van der Waals surface area (Å²) in [6, 6.07) is 3.49. The van der Waals surface area contributed by atoms with E-state index in [4.69, 9.17) is 43.1 Å². The minimum Gasteiger partial charge on any atom is -0.495 e. The molecular formula is C22H22Cl2N4O4S. The number of nitrogens with two attached hydrogens (primary N) is 1. The van der Waals surface area contributed by atoms with Crippen molar-refractivity contribution in [1.82, 2.24) is 9.97 Å². The molecule has 0 spiro atoms. The van der Waals surface area contributed by atoms with Crippen LogP contribution in [0.25, 0.3) is 20.7 Å². The highest BCUT2D eigenvalue weighted by atomic mass is 35.5. The van der Waals surface area contributed by atoms with E-state index >= 15 is 0 Å². The van der Waals surface area contributed by atoms with Gasteiger partial charge in [-0.3, -0.25) is 4.79 Å². The van der Waals surface area contributed by atoms with Gasteiger partial charge >= 0.3 is 0 Å². The third kappa shape index (κ3) is 5.01. The summed E-state index contributed by atoms with van der Waals surface area (Å²) < 4.78 is 16.3. The fourth-order valence-electron chi connectivity index (χ4n) is 3.64. The predicted octanol–water partition coefficient (Wildman–Crippen LogP) is 4.54. The number of thiophene rings is 1. The Balaban J connectivity index is 1.66. The first-order chi connectivity index (χ1) is 15.9. The number of ether oxygens (including phenoxy) is 3. The second-order valence-corrected chi connectivity index (χ2v) is 9.18. The summed E-state index contributed by atoms with van der Waals surface area (Å²) >= 11 is 14.6. The summed E-state index contributed by atoms with van der Waals surface area (Å²) in [4.78, 5) is 21.8. The minimum atomic E-state index is -0.476. The zero-order chi connectivity index (χ0) is 23.5. The average molecular weight is 509 g/mol. The van der Waals surface area contributed by atoms with Crippen LogP contribution >= 0.6 is 34.5 Å². The molecule has 2 atom stereocenters. The van der Waals surface area contributed by atoms with Crippen molar-refractivity contribution in [3.05, 3.63) is 40.5 Å². The fraction of sp³-hybridized carbons (Fsp3) is 0.318. The maximum atomic E-state index is 11.1. The van der Waals surface area contributed by atoms with E-state index < -0.39 is 5.91 Å². The minimum absolute atomic E-state index is 0.0753. The number of aromatic nitrogens is 2. The highest BCUT2D eigenvalue weighted by Crippen LogP contribution is 2.48. The number of methoxy groups -OCH3 is 2. The number of halogens is 2. The van der Waals surface area contributed by atoms with Crippen LogP contribution in [-0.4, -0.2) is 49.4 Å². The highest BCUT2D eigenvalue weighted by molar-refractivity contribution is 7.22. The zero-order valence-electron chi connectivity index (χ0n) is 17.9. The van der Waals surface area contributed by atoms with Crippen LogP contribution in [0.1, 0.15) is 6.42 Å². The van der Waals surface area contributed by atoms with Crippen LogP contribution in [-0.2, 0) is 9.53 Å². The number of anilines is 1. The first kappa shape index (κ1) is 23.6. The number of rotatable bonds is 7. The molecule has 11 heteroatoms. The van der Waals surface area contributed by atoms with E-state index in [9.17, 15) is 4.79 Å². The second-order valence-electron chi connectivity index (χ2n) is 7.39. The SMILES string of the molecule is COc1cc(OC)c(Cl)c(-c2cc3cnc(N[C@@H]4COCC[C@H]4C=CC(N)=O)nc3s2)c1Cl. The van der Waals surface area contributed by atoms with Crippen LogP contribution in [0.2, 0.25) is 10.0 Å². The summed E-state index contributed by atoms with van der Waals surface area (Å²) in [5, 5.41) is 4.95. The maximum Gasteiger partial charge on any atom is 0.241 e. The van der Waals surface area contributed by atoms with E-state index in [1.165, 1.54) is 31.6 Å². The molecule has 1 aliphatic heterocycles. The number of hydrogen-bond acceptors (Lipinski definition) is 8. The molecule has 0 aliphatic carbocycles. The number of nitrogens with zero attached hydrogens (tertiary/aromatic N) is 2. The van der Waals surface area contributed by atoms with Crippen molar-refractivity contribution >= 4 is 56.6 Å². The smallest absolute Gasteiger partial charge is 0.241 e. The first-order valence-corrected chi connectivity index (χ1v) is 11.7. The number of benzene rings is 1. The van der Waals surface area contributed by atoms with Gasteiger partial charge in [0.05, 0.1) is 36.9 Å². The summed E-state index contributed by atoms with van der Waals surface area (Å²) in [6.45, 7) is 1.09. The van der Waals surface area contributed by atoms with Crippen LogP contribution in [0.4, 0.5) is 5.95 Å². The number of carbonyl (C=O) groups excluding carboxylic acids is 1. The Morgan fingerprint density at radius 1 is 1.27 bits per heavy atom. The Kier molecular flexibility index (Phi) is 7.23. The molecule has 1 saturated heterocycles. The molecule has 3 aromatic rings. The quantitative estimate of drug-likeness (QED) is 0.450. The van der Waals surface area contributed by atoms with Crippen molar-refractivity contribution in [1.29, 1.82) is 0 Å². The molecule has 8 nitrogen and oxygen atoms in total. The van der Waals surface area contributed by atoms with Gasteiger partial charge in [-0.25, -0.2) is 9.97 Å². The molecule has 33 heavy (non-hydrogen) atoms. The van der Waals surface area contributed by atoms with Crippen molar-refractivity contribution in [2.75, 3.05) is 32.8 Å². The van der Waals surface area contributed by atoms with Gasteiger partial charge in [0.2, 0.25) is 11.9 Å². The summed E-state index contributed by atoms with van der Waals surface area (Å²) in [5.41, 5.74) is 5.86. The number of amides is 1. The van der Waals surface area contributed by atoms with Gasteiger partial charge < -0.3 is 25.3 Å². The van der Waals surface area contributed by atoms with Gasteiger partial charge in [-0.15, -0.1) is 11.3 Å². The first-order valence-electron chi connectivity index (χ1n) is 10.1. The Labute approximate surface area is 204 Å². The Morgan fingerprint density at radius 3 is 2.67 bits per heavy atom. The molecule has 3 N–H and O–H groups in total. The maximum absolute atomic E-state index is 11.1. The van der Waals surface area contributed by atoms with Gasteiger partial charge in [-0.05, 0) is 18.6 Å². The van der Waals surface area contributed by atoms with Crippen molar-refractivity contribution in [2.24, 2.45) is 11.7 Å². The van der Waals surface area contributed by atoms with Crippen molar-refractivity contribution in [3.8, 4) is 21.9 Å². The summed E-state index contributed by atoms with van der Waals surface area (Å²) in [7, 11) is 3.07. The molecule has 0 radical (unpaired) electrons. The Hall–Kier alpha value is -2.59. The third-order valence-corrected chi connectivity index (χ3v) is 7.14. The number of nitrogens with one attached hydrogen (secondary N) is 1. The number of carbonyl (C=O) groups is 1. The van der Waals surface area contributed by atoms with Crippen LogP contribution in [0.5, 0.6) is 11.5 Å². The molecule has 1 fully saturated rings. The molecule has 1 aliphatic rings. The van der Waals surface area contributed by atoms with Crippen LogP contribution in [0, 0.1) is 5.92 Å². The molecule has 0 unspecified atom stereocenters. The second kappa shape index (κ2) is 10.1. The highest BCUT2D eigenvalue weighted by Gasteiger charge is 2.25. The van der Waals surface area contributed by atoms with Crippen LogP contribution in [0.3, 0.4) is 0 Å². The normalized spacial score (nSPS) is 18.5. The summed E-state index contributed by atoms with van der Waals surface area (Å²) in [5.74, 6) is 0.989.